The SMILES string of the molecule is CNC(=O)NCc1cc(C)cc(C)c1OC. The lowest BCUT2D eigenvalue weighted by Gasteiger charge is -2.13. The molecule has 88 valence electrons. The van der Waals surface area contributed by atoms with Gasteiger partial charge in [-0.3, -0.25) is 0 Å². The molecule has 0 aromatic heterocycles. The number of carbonyl (C=O) groups excluding carboxylic acids is 1. The second-order valence-corrected chi connectivity index (χ2v) is 3.71. The van der Waals surface area contributed by atoms with E-state index in [-0.39, 0.29) is 6.03 Å². The van der Waals surface area contributed by atoms with Crippen LogP contribution in [-0.4, -0.2) is 20.2 Å². The van der Waals surface area contributed by atoms with Gasteiger partial charge in [-0.05, 0) is 19.4 Å². The molecule has 0 aliphatic heterocycles. The fraction of sp³-hybridized carbons (Fsp3) is 0.417. The van der Waals surface area contributed by atoms with E-state index < -0.39 is 0 Å². The Balaban J connectivity index is 2.89. The maximum absolute atomic E-state index is 11.1. The van der Waals surface area contributed by atoms with Crippen molar-refractivity contribution in [3.8, 4) is 5.75 Å². The summed E-state index contributed by atoms with van der Waals surface area (Å²) in [5.41, 5.74) is 3.23. The summed E-state index contributed by atoms with van der Waals surface area (Å²) in [6.07, 6.45) is 0. The fourth-order valence-corrected chi connectivity index (χ4v) is 1.73. The zero-order valence-corrected chi connectivity index (χ0v) is 10.2. The zero-order chi connectivity index (χ0) is 12.1. The molecule has 0 fully saturated rings. The third-order valence-electron chi connectivity index (χ3n) is 2.37. The largest absolute Gasteiger partial charge is 0.496 e. The minimum atomic E-state index is -0.193. The third kappa shape index (κ3) is 2.89. The predicted molar refractivity (Wildman–Crippen MR) is 63.8 cm³/mol. The highest BCUT2D eigenvalue weighted by Crippen LogP contribution is 2.24. The molecule has 1 rings (SSSR count). The predicted octanol–water partition coefficient (Wildman–Crippen LogP) is 1.74. The smallest absolute Gasteiger partial charge is 0.314 e. The van der Waals surface area contributed by atoms with E-state index in [1.165, 1.54) is 0 Å². The number of nitrogens with one attached hydrogen (secondary N) is 2. The maximum Gasteiger partial charge on any atom is 0.314 e. The molecule has 1 aromatic carbocycles. The van der Waals surface area contributed by atoms with Gasteiger partial charge in [0.25, 0.3) is 0 Å². The summed E-state index contributed by atoms with van der Waals surface area (Å²) >= 11 is 0. The van der Waals surface area contributed by atoms with Crippen LogP contribution in [0.1, 0.15) is 16.7 Å². The van der Waals surface area contributed by atoms with Gasteiger partial charge in [-0.25, -0.2) is 4.79 Å². The lowest BCUT2D eigenvalue weighted by atomic mass is 10.1. The van der Waals surface area contributed by atoms with Crippen LogP contribution in [0.15, 0.2) is 12.1 Å². The van der Waals surface area contributed by atoms with Gasteiger partial charge in [0.1, 0.15) is 5.75 Å². The van der Waals surface area contributed by atoms with Crippen molar-refractivity contribution in [2.24, 2.45) is 0 Å². The molecule has 0 heterocycles. The Morgan fingerprint density at radius 3 is 2.62 bits per heavy atom. The number of benzene rings is 1. The third-order valence-corrected chi connectivity index (χ3v) is 2.37. The molecular formula is C12H18N2O2. The first-order valence-electron chi connectivity index (χ1n) is 5.18. The van der Waals surface area contributed by atoms with E-state index in [0.29, 0.717) is 6.54 Å². The van der Waals surface area contributed by atoms with Gasteiger partial charge in [0.15, 0.2) is 0 Å². The minimum Gasteiger partial charge on any atom is -0.496 e. The molecule has 4 heteroatoms. The van der Waals surface area contributed by atoms with E-state index in [1.807, 2.05) is 19.9 Å². The van der Waals surface area contributed by atoms with Gasteiger partial charge in [0, 0.05) is 19.2 Å². The van der Waals surface area contributed by atoms with Crippen LogP contribution in [-0.2, 0) is 6.54 Å². The van der Waals surface area contributed by atoms with E-state index in [4.69, 9.17) is 4.74 Å². The maximum atomic E-state index is 11.1. The number of hydrogen-bond donors (Lipinski definition) is 2. The summed E-state index contributed by atoms with van der Waals surface area (Å²) in [7, 11) is 3.23. The van der Waals surface area contributed by atoms with Gasteiger partial charge in [-0.15, -0.1) is 0 Å². The average Bonchev–Trinajstić information content (AvgIpc) is 2.25. The van der Waals surface area contributed by atoms with E-state index in [2.05, 4.69) is 16.7 Å². The van der Waals surface area contributed by atoms with Crippen molar-refractivity contribution in [1.29, 1.82) is 0 Å². The summed E-state index contributed by atoms with van der Waals surface area (Å²) < 4.78 is 5.33. The molecule has 2 N–H and O–H groups in total. The standard InChI is InChI=1S/C12H18N2O2/c1-8-5-9(2)11(16-4)10(6-8)7-14-12(15)13-3/h5-6H,7H2,1-4H3,(H2,13,14,15). The molecule has 0 saturated carbocycles. The fourth-order valence-electron chi connectivity index (χ4n) is 1.73. The van der Waals surface area contributed by atoms with Crippen molar-refractivity contribution < 1.29 is 9.53 Å². The topological polar surface area (TPSA) is 50.4 Å². The molecule has 0 saturated heterocycles. The van der Waals surface area contributed by atoms with Gasteiger partial charge in [0.05, 0.1) is 7.11 Å². The first kappa shape index (κ1) is 12.4. The molecule has 0 aliphatic rings. The van der Waals surface area contributed by atoms with E-state index >= 15 is 0 Å². The number of carbonyl (C=O) groups is 1. The number of aryl methyl sites for hydroxylation is 2. The molecule has 1 aromatic rings. The molecule has 0 bridgehead atoms. The normalized spacial score (nSPS) is 9.75. The highest BCUT2D eigenvalue weighted by Gasteiger charge is 2.08. The van der Waals surface area contributed by atoms with Crippen LogP contribution in [0.4, 0.5) is 4.79 Å². The second-order valence-electron chi connectivity index (χ2n) is 3.71. The van der Waals surface area contributed by atoms with Crippen LogP contribution in [0.3, 0.4) is 0 Å². The second kappa shape index (κ2) is 5.39. The van der Waals surface area contributed by atoms with E-state index in [1.54, 1.807) is 14.2 Å². The highest BCUT2D eigenvalue weighted by atomic mass is 16.5. The van der Waals surface area contributed by atoms with Crippen molar-refractivity contribution in [2.45, 2.75) is 20.4 Å². The number of hydrogen-bond acceptors (Lipinski definition) is 2. The molecule has 4 nitrogen and oxygen atoms in total. The quantitative estimate of drug-likeness (QED) is 0.818. The van der Waals surface area contributed by atoms with Gasteiger partial charge in [-0.1, -0.05) is 17.7 Å². The minimum absolute atomic E-state index is 0.193. The van der Waals surface area contributed by atoms with Crippen LogP contribution in [0, 0.1) is 13.8 Å². The van der Waals surface area contributed by atoms with Crippen molar-refractivity contribution in [3.63, 3.8) is 0 Å². The number of rotatable bonds is 3. The average molecular weight is 222 g/mol. The molecule has 0 unspecified atom stereocenters. The first-order valence-corrected chi connectivity index (χ1v) is 5.18. The summed E-state index contributed by atoms with van der Waals surface area (Å²) in [6.45, 7) is 4.48. The summed E-state index contributed by atoms with van der Waals surface area (Å²) in [6, 6.07) is 3.88. The molecule has 0 spiro atoms. The van der Waals surface area contributed by atoms with Crippen LogP contribution >= 0.6 is 0 Å². The number of ether oxygens (including phenoxy) is 1. The summed E-state index contributed by atoms with van der Waals surface area (Å²) in [5.74, 6) is 0.835. The van der Waals surface area contributed by atoms with Crippen molar-refractivity contribution in [1.82, 2.24) is 10.6 Å². The Morgan fingerprint density at radius 1 is 1.38 bits per heavy atom. The van der Waals surface area contributed by atoms with Gasteiger partial charge in [0.2, 0.25) is 0 Å². The van der Waals surface area contributed by atoms with Crippen LogP contribution < -0.4 is 15.4 Å². The lowest BCUT2D eigenvalue weighted by molar-refractivity contribution is 0.242. The van der Waals surface area contributed by atoms with Crippen LogP contribution in [0.2, 0.25) is 0 Å². The van der Waals surface area contributed by atoms with Crippen LogP contribution in [0.25, 0.3) is 0 Å². The number of methoxy groups -OCH3 is 1. The molecular weight excluding hydrogens is 204 g/mol. The van der Waals surface area contributed by atoms with Crippen molar-refractivity contribution in [3.05, 3.63) is 28.8 Å². The lowest BCUT2D eigenvalue weighted by Crippen LogP contribution is -2.32. The van der Waals surface area contributed by atoms with E-state index in [0.717, 1.165) is 22.4 Å². The number of amides is 2. The van der Waals surface area contributed by atoms with Crippen molar-refractivity contribution >= 4 is 6.03 Å². The van der Waals surface area contributed by atoms with E-state index in [9.17, 15) is 4.79 Å². The highest BCUT2D eigenvalue weighted by molar-refractivity contribution is 5.73. The Hall–Kier alpha value is -1.71. The zero-order valence-electron chi connectivity index (χ0n) is 10.2. The van der Waals surface area contributed by atoms with Gasteiger partial charge < -0.3 is 15.4 Å². The molecule has 0 radical (unpaired) electrons. The number of urea groups is 1. The monoisotopic (exact) mass is 222 g/mol. The summed E-state index contributed by atoms with van der Waals surface area (Å²) in [5, 5.41) is 5.26. The first-order chi connectivity index (χ1) is 7.58. The van der Waals surface area contributed by atoms with Gasteiger partial charge in [-0.2, -0.15) is 0 Å². The summed E-state index contributed by atoms with van der Waals surface area (Å²) in [4.78, 5) is 11.1. The molecule has 16 heavy (non-hydrogen) atoms. The molecule has 2 amide bonds. The molecule has 0 atom stereocenters. The van der Waals surface area contributed by atoms with Crippen LogP contribution in [0.5, 0.6) is 5.75 Å². The Morgan fingerprint density at radius 2 is 2.06 bits per heavy atom. The Bertz CT molecular complexity index is 389. The Labute approximate surface area is 96.0 Å². The van der Waals surface area contributed by atoms with Crippen molar-refractivity contribution in [2.75, 3.05) is 14.2 Å². The Kier molecular flexibility index (Phi) is 4.17. The van der Waals surface area contributed by atoms with Gasteiger partial charge >= 0.3 is 6.03 Å². The molecule has 0 aliphatic carbocycles.